The van der Waals surface area contributed by atoms with Gasteiger partial charge in [0.1, 0.15) is 12.3 Å². The smallest absolute Gasteiger partial charge is 0.333 e. The summed E-state index contributed by atoms with van der Waals surface area (Å²) in [7, 11) is 1.56. The van der Waals surface area contributed by atoms with E-state index in [4.69, 9.17) is 14.0 Å². The summed E-state index contributed by atoms with van der Waals surface area (Å²) in [6.45, 7) is 2.07. The van der Waals surface area contributed by atoms with E-state index in [0.717, 1.165) is 0 Å². The van der Waals surface area contributed by atoms with Crippen LogP contribution < -0.4 is 4.74 Å². The Balaban J connectivity index is 1.79. The molecule has 0 saturated carbocycles. The van der Waals surface area contributed by atoms with Crippen LogP contribution in [0.5, 0.6) is 5.75 Å². The molecule has 1 amide bonds. The first-order valence-corrected chi connectivity index (χ1v) is 8.88. The maximum absolute atomic E-state index is 12.1. The summed E-state index contributed by atoms with van der Waals surface area (Å²) in [4.78, 5) is 29.5. The van der Waals surface area contributed by atoms with Crippen LogP contribution in [0.15, 0.2) is 39.9 Å². The largest absolute Gasteiger partial charge is 0.496 e. The molecule has 0 atom stereocenters. The topological polar surface area (TPSA) is 94.8 Å². The Bertz CT molecular complexity index is 848. The zero-order valence-electron chi connectivity index (χ0n) is 14.3. The molecule has 0 spiro atoms. The Kier molecular flexibility index (Phi) is 5.57. The lowest BCUT2D eigenvalue weighted by molar-refractivity contribution is -0.137. The standard InChI is InChI=1S/C17H17N3O5S/c1-3-24-16(22)8-15-20(14(21)10-26-15)9-13-18-17(19-25-13)11-6-4-5-7-12(11)23-2/h4-8H,3,9-10H2,1-2H3/b15-8-. The van der Waals surface area contributed by atoms with Crippen molar-refractivity contribution in [2.45, 2.75) is 13.5 Å². The lowest BCUT2D eigenvalue weighted by Gasteiger charge is -2.13. The number of methoxy groups -OCH3 is 1. The fourth-order valence-electron chi connectivity index (χ4n) is 2.38. The van der Waals surface area contributed by atoms with Crippen molar-refractivity contribution in [3.63, 3.8) is 0 Å². The minimum Gasteiger partial charge on any atom is -0.496 e. The highest BCUT2D eigenvalue weighted by molar-refractivity contribution is 8.04. The van der Waals surface area contributed by atoms with E-state index in [2.05, 4.69) is 10.1 Å². The van der Waals surface area contributed by atoms with Gasteiger partial charge in [-0.15, -0.1) is 0 Å². The van der Waals surface area contributed by atoms with Crippen molar-refractivity contribution >= 4 is 23.6 Å². The first kappa shape index (κ1) is 18.0. The molecule has 3 rings (SSSR count). The number of para-hydroxylation sites is 1. The number of esters is 1. The van der Waals surface area contributed by atoms with Gasteiger partial charge >= 0.3 is 5.97 Å². The number of benzene rings is 1. The van der Waals surface area contributed by atoms with Crippen molar-refractivity contribution in [1.82, 2.24) is 15.0 Å². The van der Waals surface area contributed by atoms with Gasteiger partial charge in [-0.3, -0.25) is 9.69 Å². The van der Waals surface area contributed by atoms with E-state index in [1.165, 1.54) is 22.7 Å². The number of amides is 1. The molecule has 26 heavy (non-hydrogen) atoms. The summed E-state index contributed by atoms with van der Waals surface area (Å²) in [6, 6.07) is 7.30. The maximum atomic E-state index is 12.1. The maximum Gasteiger partial charge on any atom is 0.333 e. The Morgan fingerprint density at radius 3 is 3.00 bits per heavy atom. The zero-order valence-corrected chi connectivity index (χ0v) is 15.1. The van der Waals surface area contributed by atoms with Crippen molar-refractivity contribution in [2.24, 2.45) is 0 Å². The minimum absolute atomic E-state index is 0.0826. The quantitative estimate of drug-likeness (QED) is 0.560. The summed E-state index contributed by atoms with van der Waals surface area (Å²) in [5, 5.41) is 4.46. The predicted octanol–water partition coefficient (Wildman–Crippen LogP) is 2.23. The van der Waals surface area contributed by atoms with Crippen molar-refractivity contribution < 1.29 is 23.6 Å². The Labute approximate surface area is 154 Å². The second-order valence-electron chi connectivity index (χ2n) is 5.22. The normalized spacial score (nSPS) is 15.5. The third-order valence-electron chi connectivity index (χ3n) is 3.55. The Morgan fingerprint density at radius 1 is 1.42 bits per heavy atom. The number of aromatic nitrogens is 2. The second kappa shape index (κ2) is 8.05. The molecule has 1 aliphatic rings. The highest BCUT2D eigenvalue weighted by atomic mass is 32.2. The molecule has 0 unspecified atom stereocenters. The molecule has 2 heterocycles. The summed E-state index contributed by atoms with van der Waals surface area (Å²) in [5.41, 5.74) is 0.689. The molecule has 1 aromatic heterocycles. The second-order valence-corrected chi connectivity index (χ2v) is 6.21. The first-order valence-electron chi connectivity index (χ1n) is 7.90. The molecule has 2 aromatic rings. The van der Waals surface area contributed by atoms with Gasteiger partial charge in [-0.25, -0.2) is 4.79 Å². The van der Waals surface area contributed by atoms with Gasteiger partial charge in [0.2, 0.25) is 17.6 Å². The van der Waals surface area contributed by atoms with Crippen LogP contribution in [0.2, 0.25) is 0 Å². The van der Waals surface area contributed by atoms with E-state index in [1.54, 1.807) is 20.1 Å². The van der Waals surface area contributed by atoms with Gasteiger partial charge < -0.3 is 14.0 Å². The number of hydrogen-bond acceptors (Lipinski definition) is 8. The molecule has 0 N–H and O–H groups in total. The number of carbonyl (C=O) groups is 2. The van der Waals surface area contributed by atoms with Crippen LogP contribution in [0.1, 0.15) is 12.8 Å². The van der Waals surface area contributed by atoms with E-state index in [1.807, 2.05) is 18.2 Å². The molecule has 1 aliphatic heterocycles. The van der Waals surface area contributed by atoms with Gasteiger partial charge in [0.15, 0.2) is 0 Å². The van der Waals surface area contributed by atoms with E-state index in [0.29, 0.717) is 22.2 Å². The van der Waals surface area contributed by atoms with Crippen molar-refractivity contribution in [1.29, 1.82) is 0 Å². The average Bonchev–Trinajstić information content (AvgIpc) is 3.24. The third kappa shape index (κ3) is 3.88. The average molecular weight is 375 g/mol. The molecule has 9 heteroatoms. The molecule has 0 radical (unpaired) electrons. The third-order valence-corrected chi connectivity index (χ3v) is 4.57. The molecular formula is C17H17N3O5S. The number of rotatable bonds is 6. The summed E-state index contributed by atoms with van der Waals surface area (Å²) < 4.78 is 15.5. The lowest BCUT2D eigenvalue weighted by atomic mass is 10.2. The van der Waals surface area contributed by atoms with Crippen LogP contribution in [0.4, 0.5) is 0 Å². The highest BCUT2D eigenvalue weighted by Crippen LogP contribution is 2.31. The number of ether oxygens (including phenoxy) is 2. The molecule has 8 nitrogen and oxygen atoms in total. The van der Waals surface area contributed by atoms with E-state index in [9.17, 15) is 9.59 Å². The molecular weight excluding hydrogens is 358 g/mol. The van der Waals surface area contributed by atoms with Gasteiger partial charge in [0, 0.05) is 0 Å². The van der Waals surface area contributed by atoms with Crippen molar-refractivity contribution in [3.05, 3.63) is 41.3 Å². The van der Waals surface area contributed by atoms with Crippen LogP contribution in [-0.2, 0) is 20.9 Å². The van der Waals surface area contributed by atoms with Crippen molar-refractivity contribution in [2.75, 3.05) is 19.5 Å². The summed E-state index contributed by atoms with van der Waals surface area (Å²) in [6.07, 6.45) is 1.30. The molecule has 1 aromatic carbocycles. The van der Waals surface area contributed by atoms with Crippen LogP contribution in [0.3, 0.4) is 0 Å². The van der Waals surface area contributed by atoms with E-state index in [-0.39, 0.29) is 30.7 Å². The van der Waals surface area contributed by atoms with Crippen LogP contribution in [0.25, 0.3) is 11.4 Å². The molecule has 1 saturated heterocycles. The fraction of sp³-hybridized carbons (Fsp3) is 0.294. The lowest BCUT2D eigenvalue weighted by Crippen LogP contribution is -2.24. The van der Waals surface area contributed by atoms with E-state index >= 15 is 0 Å². The molecule has 1 fully saturated rings. The fourth-order valence-corrected chi connectivity index (χ4v) is 3.31. The highest BCUT2D eigenvalue weighted by Gasteiger charge is 2.29. The predicted molar refractivity (Wildman–Crippen MR) is 94.0 cm³/mol. The first-order chi connectivity index (χ1) is 12.6. The monoisotopic (exact) mass is 375 g/mol. The SMILES string of the molecule is CCOC(=O)/C=C1\SCC(=O)N1Cc1nc(-c2ccccc2OC)no1. The summed E-state index contributed by atoms with van der Waals surface area (Å²) in [5.74, 6) is 0.871. The van der Waals surface area contributed by atoms with Crippen LogP contribution in [0, 0.1) is 0 Å². The number of thioether (sulfide) groups is 1. The molecule has 0 bridgehead atoms. The minimum atomic E-state index is -0.491. The van der Waals surface area contributed by atoms with Gasteiger partial charge in [-0.2, -0.15) is 4.98 Å². The molecule has 136 valence electrons. The van der Waals surface area contributed by atoms with Gasteiger partial charge in [0.05, 0.1) is 36.1 Å². The molecule has 0 aliphatic carbocycles. The van der Waals surface area contributed by atoms with Crippen LogP contribution in [-0.4, -0.2) is 46.4 Å². The summed E-state index contributed by atoms with van der Waals surface area (Å²) >= 11 is 1.27. The Morgan fingerprint density at radius 2 is 2.23 bits per heavy atom. The zero-order chi connectivity index (χ0) is 18.5. The van der Waals surface area contributed by atoms with Gasteiger partial charge in [0.25, 0.3) is 0 Å². The number of hydrogen-bond donors (Lipinski definition) is 0. The van der Waals surface area contributed by atoms with Gasteiger partial charge in [-0.05, 0) is 19.1 Å². The number of nitrogens with zero attached hydrogens (tertiary/aromatic N) is 3. The number of carbonyl (C=O) groups excluding carboxylic acids is 2. The van der Waals surface area contributed by atoms with E-state index < -0.39 is 5.97 Å². The Hall–Kier alpha value is -2.81. The van der Waals surface area contributed by atoms with Crippen molar-refractivity contribution in [3.8, 4) is 17.1 Å². The van der Waals surface area contributed by atoms with Gasteiger partial charge in [-0.1, -0.05) is 29.1 Å². The van der Waals surface area contributed by atoms with Crippen LogP contribution >= 0.6 is 11.8 Å².